The Morgan fingerprint density at radius 3 is 2.75 bits per heavy atom. The number of aliphatic hydroxyl groups excluding tert-OH is 1. The summed E-state index contributed by atoms with van der Waals surface area (Å²) in [6.07, 6.45) is 1.04. The summed E-state index contributed by atoms with van der Waals surface area (Å²) in [5.74, 6) is 0.260. The van der Waals surface area contributed by atoms with Crippen LogP contribution in [0.5, 0.6) is 0 Å². The third-order valence-electron chi connectivity index (χ3n) is 3.13. The zero-order valence-electron chi connectivity index (χ0n) is 9.84. The maximum atomic E-state index is 8.88. The summed E-state index contributed by atoms with van der Waals surface area (Å²) in [6, 6.07) is -0.0286. The summed E-state index contributed by atoms with van der Waals surface area (Å²) in [5.41, 5.74) is 5.60. The molecule has 4 N–H and O–H groups in total. The van der Waals surface area contributed by atoms with Crippen molar-refractivity contribution in [3.05, 3.63) is 0 Å². The molecule has 0 aromatic heterocycles. The summed E-state index contributed by atoms with van der Waals surface area (Å²) >= 11 is 0. The fourth-order valence-electron chi connectivity index (χ4n) is 2.01. The second-order valence-electron chi connectivity index (χ2n) is 4.16. The van der Waals surface area contributed by atoms with E-state index in [9.17, 15) is 0 Å². The molecule has 0 aromatic carbocycles. The molecule has 16 heavy (non-hydrogen) atoms. The molecule has 0 saturated carbocycles. The van der Waals surface area contributed by atoms with E-state index >= 15 is 0 Å². The molecule has 6 heteroatoms. The van der Waals surface area contributed by atoms with Crippen molar-refractivity contribution in [2.75, 3.05) is 39.3 Å². The van der Waals surface area contributed by atoms with Crippen LogP contribution < -0.4 is 5.73 Å². The van der Waals surface area contributed by atoms with Crippen molar-refractivity contribution < 1.29 is 10.3 Å². The van der Waals surface area contributed by atoms with Crippen LogP contribution in [-0.4, -0.2) is 71.3 Å². The predicted molar refractivity (Wildman–Crippen MR) is 62.6 cm³/mol. The Kier molecular flexibility index (Phi) is 5.51. The molecule has 1 heterocycles. The number of rotatable bonds is 4. The highest BCUT2D eigenvalue weighted by molar-refractivity contribution is 5.84. The second-order valence-corrected chi connectivity index (χ2v) is 4.16. The van der Waals surface area contributed by atoms with Gasteiger partial charge in [-0.05, 0) is 19.9 Å². The molecule has 0 radical (unpaired) electrons. The molecule has 1 atom stereocenters. The summed E-state index contributed by atoms with van der Waals surface area (Å²) < 4.78 is 0. The SMILES string of the molecule is CC(C(N)=NO)N1CCCN(CCO)CC1. The van der Waals surface area contributed by atoms with Crippen molar-refractivity contribution >= 4 is 5.84 Å². The van der Waals surface area contributed by atoms with Crippen molar-refractivity contribution in [2.24, 2.45) is 10.9 Å². The molecule has 1 rings (SSSR count). The molecule has 1 aliphatic rings. The van der Waals surface area contributed by atoms with Crippen LogP contribution in [0.3, 0.4) is 0 Å². The zero-order valence-corrected chi connectivity index (χ0v) is 9.84. The van der Waals surface area contributed by atoms with E-state index in [1.165, 1.54) is 0 Å². The van der Waals surface area contributed by atoms with E-state index in [0.29, 0.717) is 0 Å². The number of amidine groups is 1. The normalized spacial score (nSPS) is 23.0. The molecule has 0 aromatic rings. The zero-order chi connectivity index (χ0) is 12.0. The van der Waals surface area contributed by atoms with E-state index in [1.54, 1.807) is 0 Å². The van der Waals surface area contributed by atoms with Crippen LogP contribution in [0.4, 0.5) is 0 Å². The minimum atomic E-state index is -0.0286. The van der Waals surface area contributed by atoms with Crippen LogP contribution in [0.25, 0.3) is 0 Å². The molecular formula is C10H22N4O2. The molecule has 1 aliphatic heterocycles. The van der Waals surface area contributed by atoms with Crippen molar-refractivity contribution in [1.82, 2.24) is 9.80 Å². The lowest BCUT2D eigenvalue weighted by Crippen LogP contribution is -2.44. The average Bonchev–Trinajstić information content (AvgIpc) is 2.53. The molecule has 1 fully saturated rings. The minimum Gasteiger partial charge on any atom is -0.409 e. The molecule has 0 aliphatic carbocycles. The van der Waals surface area contributed by atoms with Crippen molar-refractivity contribution in [3.8, 4) is 0 Å². The Bertz CT molecular complexity index is 235. The summed E-state index contributed by atoms with van der Waals surface area (Å²) in [5, 5.41) is 20.6. The van der Waals surface area contributed by atoms with Gasteiger partial charge < -0.3 is 16.0 Å². The van der Waals surface area contributed by atoms with E-state index in [2.05, 4.69) is 15.0 Å². The fourth-order valence-corrected chi connectivity index (χ4v) is 2.01. The smallest absolute Gasteiger partial charge is 0.156 e. The molecule has 94 valence electrons. The van der Waals surface area contributed by atoms with Gasteiger partial charge in [0.25, 0.3) is 0 Å². The second kappa shape index (κ2) is 6.67. The molecule has 0 bridgehead atoms. The van der Waals surface area contributed by atoms with Gasteiger partial charge in [-0.25, -0.2) is 0 Å². The van der Waals surface area contributed by atoms with Gasteiger partial charge in [0.15, 0.2) is 5.84 Å². The van der Waals surface area contributed by atoms with Crippen LogP contribution in [0.1, 0.15) is 13.3 Å². The summed E-state index contributed by atoms with van der Waals surface area (Å²) in [7, 11) is 0. The lowest BCUT2D eigenvalue weighted by atomic mass is 10.2. The van der Waals surface area contributed by atoms with Gasteiger partial charge in [0.05, 0.1) is 12.6 Å². The molecule has 6 nitrogen and oxygen atoms in total. The Hall–Kier alpha value is -0.850. The predicted octanol–water partition coefficient (Wildman–Crippen LogP) is -0.879. The monoisotopic (exact) mass is 230 g/mol. The van der Waals surface area contributed by atoms with E-state index in [1.807, 2.05) is 6.92 Å². The number of β-amino-alcohol motifs (C(OH)–C–C–N with tert-alkyl or cyclic N) is 1. The van der Waals surface area contributed by atoms with Crippen LogP contribution in [0.15, 0.2) is 5.16 Å². The van der Waals surface area contributed by atoms with Crippen LogP contribution in [-0.2, 0) is 0 Å². The summed E-state index contributed by atoms with van der Waals surface area (Å²) in [4.78, 5) is 4.44. The number of hydrogen-bond acceptors (Lipinski definition) is 5. The Morgan fingerprint density at radius 2 is 2.12 bits per heavy atom. The number of hydrogen-bond donors (Lipinski definition) is 3. The fraction of sp³-hybridized carbons (Fsp3) is 0.900. The number of oxime groups is 1. The number of nitrogens with zero attached hydrogens (tertiary/aromatic N) is 3. The van der Waals surface area contributed by atoms with Gasteiger partial charge >= 0.3 is 0 Å². The maximum Gasteiger partial charge on any atom is 0.156 e. The summed E-state index contributed by atoms with van der Waals surface area (Å²) in [6.45, 7) is 6.62. The lowest BCUT2D eigenvalue weighted by molar-refractivity contribution is 0.194. The number of aliphatic hydroxyl groups is 1. The molecule has 1 unspecified atom stereocenters. The Balaban J connectivity index is 2.46. The van der Waals surface area contributed by atoms with Gasteiger partial charge in [-0.15, -0.1) is 0 Å². The minimum absolute atomic E-state index is 0.0286. The van der Waals surface area contributed by atoms with Gasteiger partial charge in [0, 0.05) is 26.2 Å². The molecule has 0 amide bonds. The van der Waals surface area contributed by atoms with Crippen LogP contribution >= 0.6 is 0 Å². The molecule has 1 saturated heterocycles. The third kappa shape index (κ3) is 3.62. The highest BCUT2D eigenvalue weighted by atomic mass is 16.4. The van der Waals surface area contributed by atoms with Crippen LogP contribution in [0, 0.1) is 0 Å². The van der Waals surface area contributed by atoms with E-state index in [-0.39, 0.29) is 18.5 Å². The third-order valence-corrected chi connectivity index (χ3v) is 3.13. The molecule has 0 spiro atoms. The van der Waals surface area contributed by atoms with Gasteiger partial charge in [-0.2, -0.15) is 0 Å². The van der Waals surface area contributed by atoms with Crippen molar-refractivity contribution in [3.63, 3.8) is 0 Å². The highest BCUT2D eigenvalue weighted by Crippen LogP contribution is 2.07. The van der Waals surface area contributed by atoms with Crippen molar-refractivity contribution in [1.29, 1.82) is 0 Å². The standard InChI is InChI=1S/C10H22N4O2/c1-9(10(11)12-16)14-4-2-3-13(5-6-14)7-8-15/h9,15-16H,2-8H2,1H3,(H2,11,12). The van der Waals surface area contributed by atoms with Gasteiger partial charge in [-0.3, -0.25) is 9.80 Å². The first kappa shape index (κ1) is 13.2. The van der Waals surface area contributed by atoms with E-state index in [0.717, 1.165) is 39.1 Å². The highest BCUT2D eigenvalue weighted by Gasteiger charge is 2.21. The van der Waals surface area contributed by atoms with Crippen LogP contribution in [0.2, 0.25) is 0 Å². The lowest BCUT2D eigenvalue weighted by Gasteiger charge is -2.26. The number of nitrogens with two attached hydrogens (primary N) is 1. The van der Waals surface area contributed by atoms with Gasteiger partial charge in [0.1, 0.15) is 0 Å². The average molecular weight is 230 g/mol. The van der Waals surface area contributed by atoms with Crippen molar-refractivity contribution in [2.45, 2.75) is 19.4 Å². The van der Waals surface area contributed by atoms with E-state index in [4.69, 9.17) is 16.0 Å². The maximum absolute atomic E-state index is 8.88. The largest absolute Gasteiger partial charge is 0.409 e. The quantitative estimate of drug-likeness (QED) is 0.253. The van der Waals surface area contributed by atoms with Gasteiger partial charge in [0.2, 0.25) is 0 Å². The Morgan fingerprint density at radius 1 is 1.38 bits per heavy atom. The molecular weight excluding hydrogens is 208 g/mol. The first-order chi connectivity index (χ1) is 7.69. The van der Waals surface area contributed by atoms with E-state index < -0.39 is 0 Å². The first-order valence-corrected chi connectivity index (χ1v) is 5.73. The Labute approximate surface area is 96.3 Å². The topological polar surface area (TPSA) is 85.3 Å². The first-order valence-electron chi connectivity index (χ1n) is 5.73. The van der Waals surface area contributed by atoms with Gasteiger partial charge in [-0.1, -0.05) is 5.16 Å².